The molecular weight excluding hydrogens is 248 g/mol. The summed E-state index contributed by atoms with van der Waals surface area (Å²) in [7, 11) is 0. The predicted octanol–water partition coefficient (Wildman–Crippen LogP) is 3.48. The van der Waals surface area contributed by atoms with E-state index < -0.39 is 0 Å². The van der Waals surface area contributed by atoms with Crippen molar-refractivity contribution in [3.8, 4) is 0 Å². The van der Waals surface area contributed by atoms with Gasteiger partial charge in [0.1, 0.15) is 0 Å². The van der Waals surface area contributed by atoms with Gasteiger partial charge in [-0.15, -0.1) is 0 Å². The second-order valence-corrected chi connectivity index (χ2v) is 6.29. The highest BCUT2D eigenvalue weighted by Crippen LogP contribution is 2.22. The fourth-order valence-corrected chi connectivity index (χ4v) is 2.27. The maximum atomic E-state index is 11.0. The lowest BCUT2D eigenvalue weighted by molar-refractivity contribution is 0.100. The van der Waals surface area contributed by atoms with Gasteiger partial charge < -0.3 is 11.1 Å². The highest BCUT2D eigenvalue weighted by atomic mass is 16.1. The molecule has 0 aliphatic carbocycles. The van der Waals surface area contributed by atoms with E-state index in [4.69, 9.17) is 5.73 Å². The van der Waals surface area contributed by atoms with Gasteiger partial charge in [0.05, 0.1) is 0 Å². The molecule has 0 aliphatic rings. The molecule has 3 N–H and O–H groups in total. The van der Waals surface area contributed by atoms with E-state index in [-0.39, 0.29) is 5.91 Å². The van der Waals surface area contributed by atoms with Crippen LogP contribution in [0.1, 0.15) is 62.4 Å². The molecule has 0 fully saturated rings. The van der Waals surface area contributed by atoms with Crippen molar-refractivity contribution in [2.75, 3.05) is 6.54 Å². The van der Waals surface area contributed by atoms with E-state index >= 15 is 0 Å². The molecule has 0 spiro atoms. The van der Waals surface area contributed by atoms with Gasteiger partial charge >= 0.3 is 0 Å². The Morgan fingerprint density at radius 2 is 1.85 bits per heavy atom. The van der Waals surface area contributed by atoms with Crippen molar-refractivity contribution >= 4 is 5.91 Å². The number of nitrogens with one attached hydrogen (secondary N) is 1. The quantitative estimate of drug-likeness (QED) is 0.678. The summed E-state index contributed by atoms with van der Waals surface area (Å²) >= 11 is 0. The summed E-state index contributed by atoms with van der Waals surface area (Å²) in [6.45, 7) is 8.70. The molecule has 0 unspecified atom stereocenters. The minimum absolute atomic E-state index is 0.336. The van der Waals surface area contributed by atoms with Crippen molar-refractivity contribution in [1.82, 2.24) is 5.32 Å². The molecule has 20 heavy (non-hydrogen) atoms. The standard InChI is InChI=1S/C17H28N2O/c1-4-5-6-11-17(2,3)13-19-12-14-7-9-15(10-8-14)16(18)20/h7-10,19H,4-6,11-13H2,1-3H3,(H2,18,20). The summed E-state index contributed by atoms with van der Waals surface area (Å²) in [6.07, 6.45) is 5.15. The first kappa shape index (κ1) is 16.7. The lowest BCUT2D eigenvalue weighted by Crippen LogP contribution is -2.29. The minimum atomic E-state index is -0.374. The number of hydrogen-bond acceptors (Lipinski definition) is 2. The van der Waals surface area contributed by atoms with Gasteiger partial charge in [-0.05, 0) is 29.5 Å². The first-order valence-electron chi connectivity index (χ1n) is 7.54. The molecule has 1 aromatic carbocycles. The lowest BCUT2D eigenvalue weighted by Gasteiger charge is -2.25. The van der Waals surface area contributed by atoms with Crippen molar-refractivity contribution in [2.24, 2.45) is 11.1 Å². The Hall–Kier alpha value is -1.35. The Balaban J connectivity index is 2.34. The van der Waals surface area contributed by atoms with E-state index in [1.165, 1.54) is 31.2 Å². The van der Waals surface area contributed by atoms with Gasteiger partial charge in [-0.25, -0.2) is 0 Å². The van der Waals surface area contributed by atoms with Crippen LogP contribution in [0.15, 0.2) is 24.3 Å². The number of rotatable bonds is 9. The smallest absolute Gasteiger partial charge is 0.248 e. The molecule has 0 saturated carbocycles. The highest BCUT2D eigenvalue weighted by Gasteiger charge is 2.16. The first-order valence-corrected chi connectivity index (χ1v) is 7.54. The molecule has 3 heteroatoms. The number of primary amides is 1. The van der Waals surface area contributed by atoms with Crippen LogP contribution >= 0.6 is 0 Å². The van der Waals surface area contributed by atoms with Crippen LogP contribution in [0.5, 0.6) is 0 Å². The fourth-order valence-electron chi connectivity index (χ4n) is 2.27. The number of carbonyl (C=O) groups is 1. The van der Waals surface area contributed by atoms with Gasteiger partial charge in [0, 0.05) is 18.7 Å². The number of hydrogen-bond donors (Lipinski definition) is 2. The molecule has 112 valence electrons. The summed E-state index contributed by atoms with van der Waals surface area (Å²) in [6, 6.07) is 7.48. The van der Waals surface area contributed by atoms with Gasteiger partial charge in [0.2, 0.25) is 5.91 Å². The molecule has 0 aromatic heterocycles. The van der Waals surface area contributed by atoms with E-state index in [1.54, 1.807) is 12.1 Å². The summed E-state index contributed by atoms with van der Waals surface area (Å²) < 4.78 is 0. The topological polar surface area (TPSA) is 55.1 Å². The van der Waals surface area contributed by atoms with Crippen LogP contribution in [0.2, 0.25) is 0 Å². The van der Waals surface area contributed by atoms with Crippen molar-refractivity contribution in [2.45, 2.75) is 53.0 Å². The Morgan fingerprint density at radius 1 is 1.20 bits per heavy atom. The van der Waals surface area contributed by atoms with E-state index in [0.29, 0.717) is 11.0 Å². The van der Waals surface area contributed by atoms with Gasteiger partial charge in [-0.1, -0.05) is 52.2 Å². The highest BCUT2D eigenvalue weighted by molar-refractivity contribution is 5.92. The molecule has 1 rings (SSSR count). The minimum Gasteiger partial charge on any atom is -0.366 e. The number of benzene rings is 1. The Labute approximate surface area is 122 Å². The predicted molar refractivity (Wildman–Crippen MR) is 84.6 cm³/mol. The molecule has 0 aliphatic heterocycles. The monoisotopic (exact) mass is 276 g/mol. The Bertz CT molecular complexity index is 410. The van der Waals surface area contributed by atoms with Crippen LogP contribution < -0.4 is 11.1 Å². The lowest BCUT2D eigenvalue weighted by atomic mass is 9.87. The van der Waals surface area contributed by atoms with Crippen LogP contribution in [-0.2, 0) is 6.54 Å². The maximum Gasteiger partial charge on any atom is 0.248 e. The van der Waals surface area contributed by atoms with E-state index in [9.17, 15) is 4.79 Å². The normalized spacial score (nSPS) is 11.6. The van der Waals surface area contributed by atoms with E-state index in [0.717, 1.165) is 13.1 Å². The van der Waals surface area contributed by atoms with E-state index in [2.05, 4.69) is 26.1 Å². The summed E-state index contributed by atoms with van der Waals surface area (Å²) in [5.41, 5.74) is 7.30. The molecule has 0 bridgehead atoms. The maximum absolute atomic E-state index is 11.0. The zero-order chi connectivity index (χ0) is 15.0. The zero-order valence-electron chi connectivity index (χ0n) is 13.0. The molecule has 3 nitrogen and oxygen atoms in total. The van der Waals surface area contributed by atoms with Crippen molar-refractivity contribution in [3.05, 3.63) is 35.4 Å². The molecule has 0 saturated heterocycles. The van der Waals surface area contributed by atoms with Crippen molar-refractivity contribution in [1.29, 1.82) is 0 Å². The van der Waals surface area contributed by atoms with Crippen LogP contribution in [0.25, 0.3) is 0 Å². The Morgan fingerprint density at radius 3 is 2.40 bits per heavy atom. The third-order valence-electron chi connectivity index (χ3n) is 3.63. The summed E-state index contributed by atoms with van der Waals surface area (Å²) in [4.78, 5) is 11.0. The zero-order valence-corrected chi connectivity index (χ0v) is 13.0. The molecule has 0 radical (unpaired) electrons. The SMILES string of the molecule is CCCCCC(C)(C)CNCc1ccc(C(N)=O)cc1. The first-order chi connectivity index (χ1) is 9.44. The number of carbonyl (C=O) groups excluding carboxylic acids is 1. The number of nitrogens with two attached hydrogens (primary N) is 1. The molecule has 1 aromatic rings. The van der Waals surface area contributed by atoms with Crippen LogP contribution in [0, 0.1) is 5.41 Å². The van der Waals surface area contributed by atoms with Crippen molar-refractivity contribution < 1.29 is 4.79 Å². The van der Waals surface area contributed by atoms with Crippen LogP contribution in [0.3, 0.4) is 0 Å². The average Bonchev–Trinajstić information content (AvgIpc) is 2.39. The second kappa shape index (κ2) is 8.05. The van der Waals surface area contributed by atoms with Crippen molar-refractivity contribution in [3.63, 3.8) is 0 Å². The van der Waals surface area contributed by atoms with Crippen LogP contribution in [-0.4, -0.2) is 12.5 Å². The van der Waals surface area contributed by atoms with Gasteiger partial charge in [-0.3, -0.25) is 4.79 Å². The Kier molecular flexibility index (Phi) is 6.73. The molecule has 0 atom stereocenters. The third-order valence-corrected chi connectivity index (χ3v) is 3.63. The molecule has 1 amide bonds. The number of amides is 1. The van der Waals surface area contributed by atoms with Gasteiger partial charge in [-0.2, -0.15) is 0 Å². The van der Waals surface area contributed by atoms with E-state index in [1.807, 2.05) is 12.1 Å². The second-order valence-electron chi connectivity index (χ2n) is 6.29. The summed E-state index contributed by atoms with van der Waals surface area (Å²) in [5.74, 6) is -0.374. The average molecular weight is 276 g/mol. The third kappa shape index (κ3) is 6.20. The van der Waals surface area contributed by atoms with Gasteiger partial charge in [0.15, 0.2) is 0 Å². The molecule has 0 heterocycles. The van der Waals surface area contributed by atoms with Gasteiger partial charge in [0.25, 0.3) is 0 Å². The summed E-state index contributed by atoms with van der Waals surface area (Å²) in [5, 5.41) is 3.50. The molecular formula is C17H28N2O. The van der Waals surface area contributed by atoms with Crippen LogP contribution in [0.4, 0.5) is 0 Å². The largest absolute Gasteiger partial charge is 0.366 e. The number of unbranched alkanes of at least 4 members (excludes halogenated alkanes) is 2. The fraction of sp³-hybridized carbons (Fsp3) is 0.588.